The topological polar surface area (TPSA) is 23.5 Å². The van der Waals surface area contributed by atoms with Crippen molar-refractivity contribution in [2.24, 2.45) is 0 Å². The van der Waals surface area contributed by atoms with Crippen LogP contribution in [0.4, 0.5) is 0 Å². The highest BCUT2D eigenvalue weighted by molar-refractivity contribution is 5.09. The molecule has 0 aromatic heterocycles. The van der Waals surface area contributed by atoms with Gasteiger partial charge in [0.05, 0.1) is 6.10 Å². The maximum atomic E-state index is 9.27. The van der Waals surface area contributed by atoms with E-state index >= 15 is 0 Å². The lowest BCUT2D eigenvalue weighted by Gasteiger charge is -2.31. The van der Waals surface area contributed by atoms with Gasteiger partial charge in [-0.25, -0.2) is 0 Å². The van der Waals surface area contributed by atoms with Gasteiger partial charge in [-0.2, -0.15) is 0 Å². The molecule has 0 saturated carbocycles. The Morgan fingerprint density at radius 1 is 1.46 bits per heavy atom. The van der Waals surface area contributed by atoms with Crippen molar-refractivity contribution in [3.8, 4) is 0 Å². The first-order valence-corrected chi connectivity index (χ1v) is 5.19. The Kier molecular flexibility index (Phi) is 3.94. The first-order valence-electron chi connectivity index (χ1n) is 5.19. The summed E-state index contributed by atoms with van der Waals surface area (Å²) in [6.07, 6.45) is 4.06. The Labute approximate surface area is 81.2 Å². The van der Waals surface area contributed by atoms with Crippen LogP contribution in [0.1, 0.15) is 33.6 Å². The molecule has 76 valence electrons. The minimum Gasteiger partial charge on any atom is -0.393 e. The van der Waals surface area contributed by atoms with Gasteiger partial charge in [-0.05, 0) is 33.6 Å². The molecular formula is C11H21NO. The molecule has 0 fully saturated rings. The van der Waals surface area contributed by atoms with E-state index in [1.165, 1.54) is 12.1 Å². The minimum absolute atomic E-state index is 0.196. The molecule has 1 unspecified atom stereocenters. The number of aliphatic hydroxyl groups excluding tert-OH is 1. The van der Waals surface area contributed by atoms with Crippen molar-refractivity contribution in [3.63, 3.8) is 0 Å². The highest BCUT2D eigenvalue weighted by Crippen LogP contribution is 2.16. The van der Waals surface area contributed by atoms with Crippen molar-refractivity contribution in [3.05, 3.63) is 11.6 Å². The molecular weight excluding hydrogens is 162 g/mol. The smallest absolute Gasteiger partial charge is 0.0549 e. The maximum Gasteiger partial charge on any atom is 0.0549 e. The molecule has 1 rings (SSSR count). The van der Waals surface area contributed by atoms with Gasteiger partial charge in [0, 0.05) is 19.1 Å². The molecule has 0 aromatic rings. The molecule has 1 atom stereocenters. The lowest BCUT2D eigenvalue weighted by atomic mass is 10.0. The van der Waals surface area contributed by atoms with Crippen LogP contribution >= 0.6 is 0 Å². The van der Waals surface area contributed by atoms with E-state index in [0.29, 0.717) is 6.04 Å². The Morgan fingerprint density at radius 3 is 2.69 bits per heavy atom. The standard InChI is InChI=1S/C11H21NO/c1-9(2)12-6-4-5-11(8-12)7-10(3)13/h5,9-10,13H,4,6-8H2,1-3H3. The van der Waals surface area contributed by atoms with Gasteiger partial charge in [0.15, 0.2) is 0 Å². The average Bonchev–Trinajstić information content (AvgIpc) is 2.03. The predicted molar refractivity (Wildman–Crippen MR) is 55.7 cm³/mol. The molecule has 1 heterocycles. The second kappa shape index (κ2) is 4.77. The largest absolute Gasteiger partial charge is 0.393 e. The van der Waals surface area contributed by atoms with Crippen LogP contribution in [0.25, 0.3) is 0 Å². The van der Waals surface area contributed by atoms with E-state index in [1.54, 1.807) is 0 Å². The highest BCUT2D eigenvalue weighted by atomic mass is 16.3. The Hall–Kier alpha value is -0.340. The normalized spacial score (nSPS) is 21.8. The van der Waals surface area contributed by atoms with Gasteiger partial charge in [0.1, 0.15) is 0 Å². The molecule has 0 aliphatic carbocycles. The van der Waals surface area contributed by atoms with Crippen molar-refractivity contribution in [2.75, 3.05) is 13.1 Å². The van der Waals surface area contributed by atoms with E-state index in [-0.39, 0.29) is 6.10 Å². The summed E-state index contributed by atoms with van der Waals surface area (Å²) >= 11 is 0. The highest BCUT2D eigenvalue weighted by Gasteiger charge is 2.15. The number of aliphatic hydroxyl groups is 1. The van der Waals surface area contributed by atoms with Crippen molar-refractivity contribution in [1.82, 2.24) is 4.90 Å². The van der Waals surface area contributed by atoms with E-state index in [4.69, 9.17) is 0 Å². The Morgan fingerprint density at radius 2 is 2.15 bits per heavy atom. The summed E-state index contributed by atoms with van der Waals surface area (Å²) in [5, 5.41) is 9.27. The predicted octanol–water partition coefficient (Wildman–Crippen LogP) is 1.80. The molecule has 1 aliphatic rings. The maximum absolute atomic E-state index is 9.27. The van der Waals surface area contributed by atoms with Crippen LogP contribution in [0.2, 0.25) is 0 Å². The van der Waals surface area contributed by atoms with Crippen LogP contribution in [0.5, 0.6) is 0 Å². The number of nitrogens with zero attached hydrogens (tertiary/aromatic N) is 1. The van der Waals surface area contributed by atoms with Crippen molar-refractivity contribution >= 4 is 0 Å². The summed E-state index contributed by atoms with van der Waals surface area (Å²) in [6, 6.07) is 0.623. The zero-order valence-electron chi connectivity index (χ0n) is 8.95. The van der Waals surface area contributed by atoms with Crippen molar-refractivity contribution in [1.29, 1.82) is 0 Å². The van der Waals surface area contributed by atoms with Gasteiger partial charge in [0.25, 0.3) is 0 Å². The molecule has 0 amide bonds. The van der Waals surface area contributed by atoms with Crippen molar-refractivity contribution in [2.45, 2.75) is 45.8 Å². The zero-order chi connectivity index (χ0) is 9.84. The van der Waals surface area contributed by atoms with Crippen LogP contribution < -0.4 is 0 Å². The third-order valence-electron chi connectivity index (χ3n) is 2.54. The van der Waals surface area contributed by atoms with Gasteiger partial charge < -0.3 is 5.11 Å². The zero-order valence-corrected chi connectivity index (χ0v) is 8.95. The van der Waals surface area contributed by atoms with E-state index < -0.39 is 0 Å². The van der Waals surface area contributed by atoms with E-state index in [0.717, 1.165) is 19.4 Å². The fraction of sp³-hybridized carbons (Fsp3) is 0.818. The average molecular weight is 183 g/mol. The second-order valence-corrected chi connectivity index (χ2v) is 4.27. The molecule has 0 aromatic carbocycles. The Balaban J connectivity index is 2.44. The SMILES string of the molecule is CC(O)CC1=CCCN(C(C)C)C1. The first-order chi connectivity index (χ1) is 6.09. The van der Waals surface area contributed by atoms with Crippen LogP contribution in [0, 0.1) is 0 Å². The molecule has 13 heavy (non-hydrogen) atoms. The van der Waals surface area contributed by atoms with Crippen molar-refractivity contribution < 1.29 is 5.11 Å². The summed E-state index contributed by atoms with van der Waals surface area (Å²) in [5.74, 6) is 0. The second-order valence-electron chi connectivity index (χ2n) is 4.27. The lowest BCUT2D eigenvalue weighted by molar-refractivity contribution is 0.181. The molecule has 0 spiro atoms. The fourth-order valence-electron chi connectivity index (χ4n) is 1.81. The van der Waals surface area contributed by atoms with E-state index in [2.05, 4.69) is 24.8 Å². The quantitative estimate of drug-likeness (QED) is 0.674. The van der Waals surface area contributed by atoms with Crippen LogP contribution in [-0.4, -0.2) is 35.2 Å². The van der Waals surface area contributed by atoms with Crippen LogP contribution in [0.15, 0.2) is 11.6 Å². The van der Waals surface area contributed by atoms with Crippen LogP contribution in [0.3, 0.4) is 0 Å². The monoisotopic (exact) mass is 183 g/mol. The summed E-state index contributed by atoms with van der Waals surface area (Å²) in [6.45, 7) is 8.52. The number of hydrogen-bond donors (Lipinski definition) is 1. The first kappa shape index (κ1) is 10.7. The van der Waals surface area contributed by atoms with Gasteiger partial charge in [-0.3, -0.25) is 4.90 Å². The fourth-order valence-corrected chi connectivity index (χ4v) is 1.81. The third kappa shape index (κ3) is 3.49. The summed E-state index contributed by atoms with van der Waals surface area (Å²) in [5.41, 5.74) is 1.40. The van der Waals surface area contributed by atoms with Gasteiger partial charge in [0.2, 0.25) is 0 Å². The van der Waals surface area contributed by atoms with Gasteiger partial charge in [-0.1, -0.05) is 11.6 Å². The third-order valence-corrected chi connectivity index (χ3v) is 2.54. The number of rotatable bonds is 3. The molecule has 0 saturated heterocycles. The van der Waals surface area contributed by atoms with Gasteiger partial charge in [-0.15, -0.1) is 0 Å². The Bertz CT molecular complexity index is 185. The summed E-state index contributed by atoms with van der Waals surface area (Å²) in [7, 11) is 0. The van der Waals surface area contributed by atoms with E-state index in [9.17, 15) is 5.11 Å². The van der Waals surface area contributed by atoms with Gasteiger partial charge >= 0.3 is 0 Å². The lowest BCUT2D eigenvalue weighted by Crippen LogP contribution is -2.36. The molecule has 0 radical (unpaired) electrons. The van der Waals surface area contributed by atoms with E-state index in [1.807, 2.05) is 6.92 Å². The minimum atomic E-state index is -0.196. The number of hydrogen-bond acceptors (Lipinski definition) is 2. The molecule has 0 bridgehead atoms. The summed E-state index contributed by atoms with van der Waals surface area (Å²) in [4.78, 5) is 2.46. The van der Waals surface area contributed by atoms with Crippen LogP contribution in [-0.2, 0) is 0 Å². The molecule has 2 heteroatoms. The molecule has 1 N–H and O–H groups in total. The molecule has 1 aliphatic heterocycles. The molecule has 2 nitrogen and oxygen atoms in total. The summed E-state index contributed by atoms with van der Waals surface area (Å²) < 4.78 is 0.